The normalized spacial score (nSPS) is 11.6. The molecule has 1 atom stereocenters. The standard InChI is InChI=1S/C10H18N2O2/c1-4-6-11-10(14)12(7-5-2)8-9(3)13/h4-5,9,13H,1-2,6-8H2,3H3,(H,11,14). The SMILES string of the molecule is C=CCNC(=O)N(CC=C)CC(C)O. The van der Waals surface area contributed by atoms with E-state index >= 15 is 0 Å². The average molecular weight is 198 g/mol. The molecule has 0 aliphatic heterocycles. The third kappa shape index (κ3) is 5.37. The lowest BCUT2D eigenvalue weighted by Crippen LogP contribution is -2.43. The van der Waals surface area contributed by atoms with Crippen LogP contribution in [-0.2, 0) is 0 Å². The molecule has 0 aromatic carbocycles. The van der Waals surface area contributed by atoms with Gasteiger partial charge in [0.25, 0.3) is 0 Å². The second-order valence-electron chi connectivity index (χ2n) is 3.02. The van der Waals surface area contributed by atoms with Crippen LogP contribution < -0.4 is 5.32 Å². The van der Waals surface area contributed by atoms with E-state index in [-0.39, 0.29) is 6.03 Å². The van der Waals surface area contributed by atoms with Crippen molar-refractivity contribution in [2.24, 2.45) is 0 Å². The molecule has 4 heteroatoms. The zero-order valence-electron chi connectivity index (χ0n) is 8.57. The molecule has 0 spiro atoms. The van der Waals surface area contributed by atoms with Crippen LogP contribution in [0.2, 0.25) is 0 Å². The molecule has 0 aromatic heterocycles. The fourth-order valence-electron chi connectivity index (χ4n) is 0.986. The zero-order valence-corrected chi connectivity index (χ0v) is 8.57. The lowest BCUT2D eigenvalue weighted by molar-refractivity contribution is 0.138. The second-order valence-corrected chi connectivity index (χ2v) is 3.02. The number of aliphatic hydroxyl groups is 1. The lowest BCUT2D eigenvalue weighted by Gasteiger charge is -2.22. The van der Waals surface area contributed by atoms with Gasteiger partial charge in [0.15, 0.2) is 0 Å². The molecule has 80 valence electrons. The predicted octanol–water partition coefficient (Wildman–Crippen LogP) is 0.751. The van der Waals surface area contributed by atoms with Gasteiger partial charge in [-0.3, -0.25) is 0 Å². The molecular formula is C10H18N2O2. The number of carbonyl (C=O) groups is 1. The summed E-state index contributed by atoms with van der Waals surface area (Å²) in [5.41, 5.74) is 0. The topological polar surface area (TPSA) is 52.6 Å². The van der Waals surface area contributed by atoms with Crippen LogP contribution in [0, 0.1) is 0 Å². The molecule has 0 heterocycles. The Morgan fingerprint density at radius 2 is 2.21 bits per heavy atom. The van der Waals surface area contributed by atoms with Crippen molar-refractivity contribution in [3.63, 3.8) is 0 Å². The van der Waals surface area contributed by atoms with Crippen LogP contribution in [0.4, 0.5) is 4.79 Å². The fourth-order valence-corrected chi connectivity index (χ4v) is 0.986. The molecule has 0 saturated heterocycles. The van der Waals surface area contributed by atoms with E-state index in [2.05, 4.69) is 18.5 Å². The summed E-state index contributed by atoms with van der Waals surface area (Å²) in [5.74, 6) is 0. The molecule has 2 N–H and O–H groups in total. The number of urea groups is 1. The Morgan fingerprint density at radius 3 is 2.64 bits per heavy atom. The van der Waals surface area contributed by atoms with Crippen molar-refractivity contribution < 1.29 is 9.90 Å². The summed E-state index contributed by atoms with van der Waals surface area (Å²) >= 11 is 0. The van der Waals surface area contributed by atoms with E-state index in [1.807, 2.05) is 0 Å². The minimum absolute atomic E-state index is 0.217. The van der Waals surface area contributed by atoms with E-state index in [1.165, 1.54) is 4.90 Å². The van der Waals surface area contributed by atoms with Gasteiger partial charge >= 0.3 is 6.03 Å². The van der Waals surface area contributed by atoms with Crippen molar-refractivity contribution in [3.8, 4) is 0 Å². The van der Waals surface area contributed by atoms with E-state index in [0.717, 1.165) is 0 Å². The Balaban J connectivity index is 4.09. The van der Waals surface area contributed by atoms with Gasteiger partial charge in [-0.15, -0.1) is 13.2 Å². The molecule has 4 nitrogen and oxygen atoms in total. The average Bonchev–Trinajstić information content (AvgIpc) is 2.13. The van der Waals surface area contributed by atoms with E-state index in [0.29, 0.717) is 19.6 Å². The number of carbonyl (C=O) groups excluding carboxylic acids is 1. The Labute approximate surface area is 84.9 Å². The summed E-state index contributed by atoms with van der Waals surface area (Å²) in [6.07, 6.45) is 2.69. The minimum atomic E-state index is -0.538. The quantitative estimate of drug-likeness (QED) is 0.619. The summed E-state index contributed by atoms with van der Waals surface area (Å²) in [5, 5.41) is 11.8. The summed E-state index contributed by atoms with van der Waals surface area (Å²) in [6.45, 7) is 9.83. The van der Waals surface area contributed by atoms with Crippen molar-refractivity contribution in [2.45, 2.75) is 13.0 Å². The Bertz CT molecular complexity index is 202. The highest BCUT2D eigenvalue weighted by Gasteiger charge is 2.12. The molecule has 2 amide bonds. The Kier molecular flexibility index (Phi) is 6.49. The molecule has 0 fully saturated rings. The third-order valence-corrected chi connectivity index (χ3v) is 1.52. The molecule has 14 heavy (non-hydrogen) atoms. The van der Waals surface area contributed by atoms with Crippen LogP contribution in [0.3, 0.4) is 0 Å². The highest BCUT2D eigenvalue weighted by Crippen LogP contribution is 1.93. The van der Waals surface area contributed by atoms with Gasteiger partial charge in [0, 0.05) is 19.6 Å². The van der Waals surface area contributed by atoms with Gasteiger partial charge in [0.1, 0.15) is 0 Å². The van der Waals surface area contributed by atoms with E-state index in [4.69, 9.17) is 5.11 Å². The molecular weight excluding hydrogens is 180 g/mol. The first-order chi connectivity index (χ1) is 6.61. The number of nitrogens with one attached hydrogen (secondary N) is 1. The molecule has 0 bridgehead atoms. The largest absolute Gasteiger partial charge is 0.392 e. The van der Waals surface area contributed by atoms with Crippen LogP contribution in [0.1, 0.15) is 6.92 Å². The highest BCUT2D eigenvalue weighted by molar-refractivity contribution is 5.74. The molecule has 0 saturated carbocycles. The van der Waals surface area contributed by atoms with E-state index < -0.39 is 6.10 Å². The monoisotopic (exact) mass is 198 g/mol. The third-order valence-electron chi connectivity index (χ3n) is 1.52. The number of hydrogen-bond donors (Lipinski definition) is 2. The first-order valence-corrected chi connectivity index (χ1v) is 4.54. The van der Waals surface area contributed by atoms with Crippen LogP contribution >= 0.6 is 0 Å². The van der Waals surface area contributed by atoms with Gasteiger partial charge in [-0.1, -0.05) is 12.2 Å². The van der Waals surface area contributed by atoms with Gasteiger partial charge < -0.3 is 15.3 Å². The molecule has 0 rings (SSSR count). The maximum absolute atomic E-state index is 11.4. The van der Waals surface area contributed by atoms with Crippen LogP contribution in [0.5, 0.6) is 0 Å². The van der Waals surface area contributed by atoms with Gasteiger partial charge in [0.2, 0.25) is 0 Å². The Hall–Kier alpha value is -1.29. The van der Waals surface area contributed by atoms with Gasteiger partial charge in [-0.05, 0) is 6.92 Å². The number of aliphatic hydroxyl groups excluding tert-OH is 1. The molecule has 1 unspecified atom stereocenters. The van der Waals surface area contributed by atoms with Crippen molar-refractivity contribution >= 4 is 6.03 Å². The molecule has 0 radical (unpaired) electrons. The summed E-state index contributed by atoms with van der Waals surface area (Å²) in [7, 11) is 0. The molecule has 0 aliphatic rings. The Morgan fingerprint density at radius 1 is 1.57 bits per heavy atom. The maximum atomic E-state index is 11.4. The predicted molar refractivity (Wildman–Crippen MR) is 57.0 cm³/mol. The van der Waals surface area contributed by atoms with Crippen molar-refractivity contribution in [1.82, 2.24) is 10.2 Å². The van der Waals surface area contributed by atoms with Crippen LogP contribution in [0.15, 0.2) is 25.3 Å². The molecule has 0 aliphatic carbocycles. The van der Waals surface area contributed by atoms with Gasteiger partial charge in [-0.25, -0.2) is 4.79 Å². The summed E-state index contributed by atoms with van der Waals surface area (Å²) < 4.78 is 0. The first kappa shape index (κ1) is 12.7. The van der Waals surface area contributed by atoms with Crippen molar-refractivity contribution in [3.05, 3.63) is 25.3 Å². The maximum Gasteiger partial charge on any atom is 0.318 e. The number of nitrogens with zero attached hydrogens (tertiary/aromatic N) is 1. The lowest BCUT2D eigenvalue weighted by atomic mass is 10.3. The van der Waals surface area contributed by atoms with Crippen molar-refractivity contribution in [1.29, 1.82) is 0 Å². The highest BCUT2D eigenvalue weighted by atomic mass is 16.3. The zero-order chi connectivity index (χ0) is 11.0. The number of amides is 2. The summed E-state index contributed by atoms with van der Waals surface area (Å²) in [4.78, 5) is 12.9. The van der Waals surface area contributed by atoms with E-state index in [9.17, 15) is 4.79 Å². The number of rotatable bonds is 6. The smallest absolute Gasteiger partial charge is 0.318 e. The van der Waals surface area contributed by atoms with Gasteiger partial charge in [0.05, 0.1) is 6.10 Å². The van der Waals surface area contributed by atoms with E-state index in [1.54, 1.807) is 19.1 Å². The fraction of sp³-hybridized carbons (Fsp3) is 0.500. The van der Waals surface area contributed by atoms with Crippen LogP contribution in [0.25, 0.3) is 0 Å². The molecule has 0 aromatic rings. The number of hydrogen-bond acceptors (Lipinski definition) is 2. The van der Waals surface area contributed by atoms with Gasteiger partial charge in [-0.2, -0.15) is 0 Å². The summed E-state index contributed by atoms with van der Waals surface area (Å²) in [6, 6.07) is -0.217. The minimum Gasteiger partial charge on any atom is -0.392 e. The van der Waals surface area contributed by atoms with Crippen LogP contribution in [-0.4, -0.2) is 41.8 Å². The second kappa shape index (κ2) is 7.15. The first-order valence-electron chi connectivity index (χ1n) is 4.54. The van der Waals surface area contributed by atoms with Crippen molar-refractivity contribution in [2.75, 3.05) is 19.6 Å².